The zero-order chi connectivity index (χ0) is 19.4. The van der Waals surface area contributed by atoms with Gasteiger partial charge >= 0.3 is 0 Å². The number of amides is 2. The van der Waals surface area contributed by atoms with Crippen molar-refractivity contribution in [1.82, 2.24) is 9.78 Å². The lowest BCUT2D eigenvalue weighted by molar-refractivity contribution is -0.115. The van der Waals surface area contributed by atoms with Crippen molar-refractivity contribution in [2.24, 2.45) is 5.92 Å². The van der Waals surface area contributed by atoms with Crippen LogP contribution >= 0.6 is 11.8 Å². The molecule has 1 aliphatic rings. The molecule has 6 nitrogen and oxygen atoms in total. The molecule has 1 fully saturated rings. The van der Waals surface area contributed by atoms with Crippen molar-refractivity contribution in [3.63, 3.8) is 0 Å². The fourth-order valence-corrected chi connectivity index (χ4v) is 3.43. The number of aromatic nitrogens is 2. The smallest absolute Gasteiger partial charge is 0.238 e. The molecule has 2 atom stereocenters. The number of nitrogens with zero attached hydrogens (tertiary/aromatic N) is 2. The molecule has 0 aliphatic heterocycles. The second-order valence-electron chi connectivity index (χ2n) is 6.74. The summed E-state index contributed by atoms with van der Waals surface area (Å²) in [6, 6.07) is 7.61. The minimum absolute atomic E-state index is 0.129. The first-order chi connectivity index (χ1) is 12.9. The fraction of sp³-hybridized carbons (Fsp3) is 0.421. The predicted molar refractivity (Wildman–Crippen MR) is 105 cm³/mol. The topological polar surface area (TPSA) is 76.0 Å². The zero-order valence-corrected chi connectivity index (χ0v) is 16.1. The van der Waals surface area contributed by atoms with Gasteiger partial charge in [0.1, 0.15) is 11.6 Å². The molecule has 3 rings (SSSR count). The van der Waals surface area contributed by atoms with Gasteiger partial charge in [-0.2, -0.15) is 5.10 Å². The van der Waals surface area contributed by atoms with E-state index in [2.05, 4.69) is 22.7 Å². The number of carbonyl (C=O) groups is 2. The molecule has 144 valence electrons. The second kappa shape index (κ2) is 8.56. The van der Waals surface area contributed by atoms with E-state index in [0.717, 1.165) is 0 Å². The summed E-state index contributed by atoms with van der Waals surface area (Å²) < 4.78 is 14.7. The maximum Gasteiger partial charge on any atom is 0.238 e. The lowest BCUT2D eigenvalue weighted by Crippen LogP contribution is -2.26. The van der Waals surface area contributed by atoms with Crippen LogP contribution in [0, 0.1) is 11.7 Å². The monoisotopic (exact) mass is 390 g/mol. The standard InChI is InChI=1S/C19H23FN4O2S/c1-12(14-3-4-14)24-17(9-10-21-24)23-19(26)13(2)27-11-18(25)22-16-7-5-15(20)6-8-16/h5-10,12-14H,3-4,11H2,1-2H3,(H,22,25)(H,23,26). The number of benzene rings is 1. The molecule has 1 saturated carbocycles. The first-order valence-electron chi connectivity index (χ1n) is 8.95. The molecule has 1 aromatic carbocycles. The van der Waals surface area contributed by atoms with E-state index in [4.69, 9.17) is 0 Å². The molecule has 1 aliphatic carbocycles. The van der Waals surface area contributed by atoms with Gasteiger partial charge in [0.05, 0.1) is 23.2 Å². The van der Waals surface area contributed by atoms with E-state index in [1.165, 1.54) is 48.9 Å². The molecular formula is C19H23FN4O2S. The molecule has 1 heterocycles. The summed E-state index contributed by atoms with van der Waals surface area (Å²) in [5.74, 6) is 0.676. The summed E-state index contributed by atoms with van der Waals surface area (Å²) in [5, 5.41) is 9.50. The molecule has 8 heteroatoms. The van der Waals surface area contributed by atoms with Crippen LogP contribution in [-0.2, 0) is 9.59 Å². The Kier molecular flexibility index (Phi) is 6.15. The summed E-state index contributed by atoms with van der Waals surface area (Å²) >= 11 is 1.24. The molecular weight excluding hydrogens is 367 g/mol. The van der Waals surface area contributed by atoms with Crippen molar-refractivity contribution >= 4 is 35.1 Å². The number of nitrogens with one attached hydrogen (secondary N) is 2. The zero-order valence-electron chi connectivity index (χ0n) is 15.3. The lowest BCUT2D eigenvalue weighted by Gasteiger charge is -2.17. The van der Waals surface area contributed by atoms with E-state index in [-0.39, 0.29) is 29.4 Å². The first-order valence-corrected chi connectivity index (χ1v) is 10.0. The largest absolute Gasteiger partial charge is 0.325 e. The van der Waals surface area contributed by atoms with Crippen molar-refractivity contribution in [3.05, 3.63) is 42.3 Å². The summed E-state index contributed by atoms with van der Waals surface area (Å²) in [7, 11) is 0. The Labute approximate surface area is 161 Å². The number of hydrogen-bond acceptors (Lipinski definition) is 4. The molecule has 2 unspecified atom stereocenters. The van der Waals surface area contributed by atoms with Crippen LogP contribution in [0.15, 0.2) is 36.5 Å². The van der Waals surface area contributed by atoms with Crippen LogP contribution in [0.4, 0.5) is 15.9 Å². The molecule has 0 radical (unpaired) electrons. The van der Waals surface area contributed by atoms with Crippen LogP contribution in [0.25, 0.3) is 0 Å². The van der Waals surface area contributed by atoms with E-state index >= 15 is 0 Å². The van der Waals surface area contributed by atoms with Crippen molar-refractivity contribution in [1.29, 1.82) is 0 Å². The predicted octanol–water partition coefficient (Wildman–Crippen LogP) is 3.69. The van der Waals surface area contributed by atoms with Gasteiger partial charge in [0.15, 0.2) is 0 Å². The van der Waals surface area contributed by atoms with E-state index in [0.29, 0.717) is 17.4 Å². The van der Waals surface area contributed by atoms with Gasteiger partial charge in [-0.3, -0.25) is 9.59 Å². The van der Waals surface area contributed by atoms with Gasteiger partial charge in [-0.1, -0.05) is 0 Å². The van der Waals surface area contributed by atoms with Gasteiger partial charge in [0.25, 0.3) is 0 Å². The SMILES string of the molecule is CC(SCC(=O)Nc1ccc(F)cc1)C(=O)Nc1ccnn1C(C)C1CC1. The third-order valence-corrected chi connectivity index (χ3v) is 5.72. The average molecular weight is 390 g/mol. The van der Waals surface area contributed by atoms with Crippen LogP contribution in [0.3, 0.4) is 0 Å². The quantitative estimate of drug-likeness (QED) is 0.721. The van der Waals surface area contributed by atoms with E-state index in [1.807, 2.05) is 4.68 Å². The number of hydrogen-bond donors (Lipinski definition) is 2. The van der Waals surface area contributed by atoms with Crippen molar-refractivity contribution in [2.75, 3.05) is 16.4 Å². The summed E-state index contributed by atoms with van der Waals surface area (Å²) in [6.45, 7) is 3.87. The number of rotatable bonds is 8. The molecule has 2 amide bonds. The average Bonchev–Trinajstić information content (AvgIpc) is 3.40. The third kappa shape index (κ3) is 5.32. The third-order valence-electron chi connectivity index (χ3n) is 4.57. The van der Waals surface area contributed by atoms with Crippen molar-refractivity contribution in [3.8, 4) is 0 Å². The molecule has 2 N–H and O–H groups in total. The van der Waals surface area contributed by atoms with Crippen molar-refractivity contribution < 1.29 is 14.0 Å². The highest BCUT2D eigenvalue weighted by molar-refractivity contribution is 8.01. The van der Waals surface area contributed by atoms with Crippen LogP contribution in [-0.4, -0.2) is 32.6 Å². The normalized spacial score (nSPS) is 15.8. The minimum Gasteiger partial charge on any atom is -0.325 e. The Morgan fingerprint density at radius 3 is 2.59 bits per heavy atom. The Morgan fingerprint density at radius 2 is 1.93 bits per heavy atom. The highest BCUT2D eigenvalue weighted by atomic mass is 32.2. The van der Waals surface area contributed by atoms with Crippen LogP contribution in [0.2, 0.25) is 0 Å². The van der Waals surface area contributed by atoms with Crippen molar-refractivity contribution in [2.45, 2.75) is 38.0 Å². The van der Waals surface area contributed by atoms with E-state index in [9.17, 15) is 14.0 Å². The van der Waals surface area contributed by atoms with Gasteiger partial charge in [-0.05, 0) is 56.9 Å². The maximum absolute atomic E-state index is 12.9. The number of anilines is 2. The fourth-order valence-electron chi connectivity index (χ4n) is 2.75. The number of carbonyl (C=O) groups excluding carboxylic acids is 2. The van der Waals surface area contributed by atoms with Crippen LogP contribution < -0.4 is 10.6 Å². The Balaban J connectivity index is 1.47. The Hall–Kier alpha value is -2.35. The highest BCUT2D eigenvalue weighted by Gasteiger charge is 2.31. The highest BCUT2D eigenvalue weighted by Crippen LogP contribution is 2.40. The maximum atomic E-state index is 12.9. The lowest BCUT2D eigenvalue weighted by atomic mass is 10.2. The molecule has 0 saturated heterocycles. The molecule has 0 bridgehead atoms. The molecule has 2 aromatic rings. The van der Waals surface area contributed by atoms with Crippen LogP contribution in [0.5, 0.6) is 0 Å². The van der Waals surface area contributed by atoms with Crippen LogP contribution in [0.1, 0.15) is 32.7 Å². The van der Waals surface area contributed by atoms with E-state index in [1.54, 1.807) is 19.2 Å². The van der Waals surface area contributed by atoms with Gasteiger partial charge in [0, 0.05) is 11.8 Å². The number of thioether (sulfide) groups is 1. The molecule has 0 spiro atoms. The van der Waals surface area contributed by atoms with Gasteiger partial charge in [-0.25, -0.2) is 9.07 Å². The first kappa shape index (κ1) is 19.4. The summed E-state index contributed by atoms with van der Waals surface area (Å²) in [5.41, 5.74) is 0.525. The minimum atomic E-state index is -0.399. The van der Waals surface area contributed by atoms with E-state index < -0.39 is 5.25 Å². The second-order valence-corrected chi connectivity index (χ2v) is 8.07. The Bertz CT molecular complexity index is 804. The summed E-state index contributed by atoms with van der Waals surface area (Å²) in [6.07, 6.45) is 4.08. The number of halogens is 1. The molecule has 27 heavy (non-hydrogen) atoms. The molecule has 1 aromatic heterocycles. The van der Waals surface area contributed by atoms with Gasteiger partial charge < -0.3 is 10.6 Å². The Morgan fingerprint density at radius 1 is 1.22 bits per heavy atom. The summed E-state index contributed by atoms with van der Waals surface area (Å²) in [4.78, 5) is 24.4. The van der Waals surface area contributed by atoms with Gasteiger partial charge in [-0.15, -0.1) is 11.8 Å². The van der Waals surface area contributed by atoms with Gasteiger partial charge in [0.2, 0.25) is 11.8 Å².